The summed E-state index contributed by atoms with van der Waals surface area (Å²) in [7, 11) is 2.45. The Hall–Kier alpha value is -1.65. The number of rotatable bonds is 3. The quantitative estimate of drug-likeness (QED) is 0.721. The minimum Gasteiger partial charge on any atom is -0.493 e. The summed E-state index contributed by atoms with van der Waals surface area (Å²) in [5.74, 6) is -2.32. The number of carbonyl (C=O) groups excluding carboxylic acids is 1. The van der Waals surface area contributed by atoms with Crippen molar-refractivity contribution in [2.24, 2.45) is 0 Å². The number of carbonyl (C=O) groups is 1. The Bertz CT molecular complexity index is 377. The lowest BCUT2D eigenvalue weighted by Gasteiger charge is -2.08. The van der Waals surface area contributed by atoms with Crippen LogP contribution >= 0.6 is 0 Å². The minimum absolute atomic E-state index is 0.127. The molecule has 0 radical (unpaired) electrons. The molecule has 0 heterocycles. The maximum atomic E-state index is 13.1. The van der Waals surface area contributed by atoms with Crippen LogP contribution in [0.25, 0.3) is 0 Å². The van der Waals surface area contributed by atoms with E-state index >= 15 is 0 Å². The maximum Gasteiger partial charge on any atom is 0.310 e. The Morgan fingerprint density at radius 2 is 2.00 bits per heavy atom. The highest BCUT2D eigenvalue weighted by Gasteiger charge is 2.14. The standard InChI is InChI=1S/C10H10F2O3/c1-14-9(13)4-6-3-7(11)5-8(12)10(6)15-2/h3,5H,4H2,1-2H3. The van der Waals surface area contributed by atoms with Crippen molar-refractivity contribution in [3.8, 4) is 5.75 Å². The van der Waals surface area contributed by atoms with Gasteiger partial charge in [-0.15, -0.1) is 0 Å². The summed E-state index contributed by atoms with van der Waals surface area (Å²) in [4.78, 5) is 10.9. The Morgan fingerprint density at radius 3 is 2.53 bits per heavy atom. The molecule has 82 valence electrons. The number of benzene rings is 1. The molecule has 0 spiro atoms. The van der Waals surface area contributed by atoms with Crippen molar-refractivity contribution in [3.63, 3.8) is 0 Å². The van der Waals surface area contributed by atoms with Crippen molar-refractivity contribution in [2.45, 2.75) is 6.42 Å². The van der Waals surface area contributed by atoms with Crippen LogP contribution in [-0.4, -0.2) is 20.2 Å². The van der Waals surface area contributed by atoms with E-state index in [1.807, 2.05) is 0 Å². The first-order chi connectivity index (χ1) is 7.08. The van der Waals surface area contributed by atoms with Gasteiger partial charge in [0, 0.05) is 11.6 Å². The Kier molecular flexibility index (Phi) is 3.60. The summed E-state index contributed by atoms with van der Waals surface area (Å²) < 4.78 is 35.1. The van der Waals surface area contributed by atoms with E-state index in [2.05, 4.69) is 4.74 Å². The summed E-state index contributed by atoms with van der Waals surface area (Å²) in [6.07, 6.45) is -0.228. The summed E-state index contributed by atoms with van der Waals surface area (Å²) in [6, 6.07) is 1.73. The number of halogens is 2. The largest absolute Gasteiger partial charge is 0.493 e. The normalized spacial score (nSPS) is 9.87. The molecule has 3 nitrogen and oxygen atoms in total. The maximum absolute atomic E-state index is 13.1. The van der Waals surface area contributed by atoms with Gasteiger partial charge in [-0.3, -0.25) is 4.79 Å². The van der Waals surface area contributed by atoms with Crippen LogP contribution in [0, 0.1) is 11.6 Å². The minimum atomic E-state index is -0.837. The smallest absolute Gasteiger partial charge is 0.310 e. The average molecular weight is 216 g/mol. The lowest BCUT2D eigenvalue weighted by atomic mass is 10.1. The van der Waals surface area contributed by atoms with E-state index in [1.54, 1.807) is 0 Å². The van der Waals surface area contributed by atoms with Gasteiger partial charge in [0.1, 0.15) is 5.82 Å². The van der Waals surface area contributed by atoms with Gasteiger partial charge in [-0.2, -0.15) is 0 Å². The second-order valence-corrected chi connectivity index (χ2v) is 2.83. The molecule has 0 aliphatic carbocycles. The van der Waals surface area contributed by atoms with E-state index in [1.165, 1.54) is 14.2 Å². The molecule has 0 saturated carbocycles. The van der Waals surface area contributed by atoms with Crippen LogP contribution < -0.4 is 4.74 Å². The van der Waals surface area contributed by atoms with Crippen molar-refractivity contribution in [3.05, 3.63) is 29.3 Å². The van der Waals surface area contributed by atoms with E-state index in [0.29, 0.717) is 6.07 Å². The van der Waals surface area contributed by atoms with Crippen molar-refractivity contribution >= 4 is 5.97 Å². The molecule has 0 aromatic heterocycles. The summed E-state index contributed by atoms with van der Waals surface area (Å²) in [5.41, 5.74) is 0.127. The molecule has 0 aliphatic rings. The number of hydrogen-bond donors (Lipinski definition) is 0. The van der Waals surface area contributed by atoms with Crippen molar-refractivity contribution in [1.29, 1.82) is 0 Å². The van der Waals surface area contributed by atoms with Crippen LogP contribution in [0.3, 0.4) is 0 Å². The van der Waals surface area contributed by atoms with Gasteiger partial charge in [-0.05, 0) is 6.07 Å². The van der Waals surface area contributed by atoms with Gasteiger partial charge in [0.2, 0.25) is 0 Å². The molecule has 15 heavy (non-hydrogen) atoms. The van der Waals surface area contributed by atoms with Crippen molar-refractivity contribution < 1.29 is 23.0 Å². The van der Waals surface area contributed by atoms with Gasteiger partial charge in [-0.1, -0.05) is 0 Å². The molecule has 1 rings (SSSR count). The SMILES string of the molecule is COC(=O)Cc1cc(F)cc(F)c1OC. The van der Waals surface area contributed by atoms with E-state index in [0.717, 1.165) is 6.07 Å². The first kappa shape index (κ1) is 11.4. The van der Waals surface area contributed by atoms with Gasteiger partial charge in [0.15, 0.2) is 11.6 Å². The fraction of sp³-hybridized carbons (Fsp3) is 0.300. The molecule has 0 aliphatic heterocycles. The Balaban J connectivity index is 3.09. The molecular formula is C10H10F2O3. The van der Waals surface area contributed by atoms with Gasteiger partial charge < -0.3 is 9.47 Å². The second-order valence-electron chi connectivity index (χ2n) is 2.83. The molecule has 1 aromatic carbocycles. The molecule has 5 heteroatoms. The number of methoxy groups -OCH3 is 2. The lowest BCUT2D eigenvalue weighted by molar-refractivity contribution is -0.139. The van der Waals surface area contributed by atoms with Crippen LogP contribution in [0.2, 0.25) is 0 Å². The van der Waals surface area contributed by atoms with Gasteiger partial charge in [0.05, 0.1) is 20.6 Å². The predicted octanol–water partition coefficient (Wildman–Crippen LogP) is 1.69. The van der Waals surface area contributed by atoms with Gasteiger partial charge in [-0.25, -0.2) is 8.78 Å². The fourth-order valence-electron chi connectivity index (χ4n) is 1.20. The van der Waals surface area contributed by atoms with Crippen LogP contribution in [0.15, 0.2) is 12.1 Å². The first-order valence-corrected chi connectivity index (χ1v) is 4.17. The molecule has 1 aromatic rings. The fourth-order valence-corrected chi connectivity index (χ4v) is 1.20. The van der Waals surface area contributed by atoms with E-state index in [9.17, 15) is 13.6 Å². The van der Waals surface area contributed by atoms with E-state index < -0.39 is 17.6 Å². The molecule has 0 N–H and O–H groups in total. The van der Waals surface area contributed by atoms with E-state index in [4.69, 9.17) is 4.74 Å². The van der Waals surface area contributed by atoms with Crippen molar-refractivity contribution in [2.75, 3.05) is 14.2 Å². The van der Waals surface area contributed by atoms with Crippen LogP contribution in [0.1, 0.15) is 5.56 Å². The van der Waals surface area contributed by atoms with Crippen LogP contribution in [0.4, 0.5) is 8.78 Å². The zero-order chi connectivity index (χ0) is 11.4. The van der Waals surface area contributed by atoms with Gasteiger partial charge >= 0.3 is 5.97 Å². The summed E-state index contributed by atoms with van der Waals surface area (Å²) in [5, 5.41) is 0. The molecule has 0 atom stereocenters. The lowest BCUT2D eigenvalue weighted by Crippen LogP contribution is -2.07. The third-order valence-electron chi connectivity index (χ3n) is 1.85. The van der Waals surface area contributed by atoms with E-state index in [-0.39, 0.29) is 17.7 Å². The molecular weight excluding hydrogens is 206 g/mol. The molecule has 0 bridgehead atoms. The summed E-state index contributed by atoms with van der Waals surface area (Å²) >= 11 is 0. The third kappa shape index (κ3) is 2.65. The molecule has 0 fully saturated rings. The summed E-state index contributed by atoms with van der Waals surface area (Å²) in [6.45, 7) is 0. The Labute approximate surface area is 85.6 Å². The highest BCUT2D eigenvalue weighted by molar-refractivity contribution is 5.73. The highest BCUT2D eigenvalue weighted by Crippen LogP contribution is 2.24. The topological polar surface area (TPSA) is 35.5 Å². The zero-order valence-corrected chi connectivity index (χ0v) is 8.34. The number of esters is 1. The number of ether oxygens (including phenoxy) is 2. The van der Waals surface area contributed by atoms with Crippen LogP contribution in [0.5, 0.6) is 5.75 Å². The van der Waals surface area contributed by atoms with Crippen molar-refractivity contribution in [1.82, 2.24) is 0 Å². The third-order valence-corrected chi connectivity index (χ3v) is 1.85. The monoisotopic (exact) mass is 216 g/mol. The first-order valence-electron chi connectivity index (χ1n) is 4.17. The second kappa shape index (κ2) is 4.72. The van der Waals surface area contributed by atoms with Crippen LogP contribution in [-0.2, 0) is 16.0 Å². The average Bonchev–Trinajstić information content (AvgIpc) is 2.17. The highest BCUT2D eigenvalue weighted by atomic mass is 19.1. The molecule has 0 unspecified atom stereocenters. The van der Waals surface area contributed by atoms with Gasteiger partial charge in [0.25, 0.3) is 0 Å². The Morgan fingerprint density at radius 1 is 1.33 bits per heavy atom. The predicted molar refractivity (Wildman–Crippen MR) is 48.6 cm³/mol. The number of hydrogen-bond acceptors (Lipinski definition) is 3. The molecule has 0 saturated heterocycles. The molecule has 0 amide bonds. The zero-order valence-electron chi connectivity index (χ0n) is 8.34.